The van der Waals surface area contributed by atoms with Crippen LogP contribution in [0.3, 0.4) is 0 Å². The minimum absolute atomic E-state index is 0. The van der Waals surface area contributed by atoms with E-state index in [0.29, 0.717) is 0 Å². The van der Waals surface area contributed by atoms with E-state index in [1.54, 1.807) is 11.8 Å². The van der Waals surface area contributed by atoms with Crippen molar-refractivity contribution in [2.24, 2.45) is 0 Å². The molecular formula is C28H33Cl2F3N2S. The summed E-state index contributed by atoms with van der Waals surface area (Å²) in [5, 5.41) is 0. The van der Waals surface area contributed by atoms with Crippen molar-refractivity contribution in [2.45, 2.75) is 23.7 Å². The molecule has 0 aliphatic carbocycles. The number of nitrogens with zero attached hydrogens (tertiary/aromatic N) is 2. The molecular weight excluding hydrogens is 524 g/mol. The van der Waals surface area contributed by atoms with Crippen LogP contribution in [0, 0.1) is 17.5 Å². The van der Waals surface area contributed by atoms with Crippen LogP contribution in [0.5, 0.6) is 0 Å². The molecule has 3 aromatic carbocycles. The first-order valence-electron chi connectivity index (χ1n) is 11.9. The van der Waals surface area contributed by atoms with E-state index in [2.05, 4.69) is 9.80 Å². The van der Waals surface area contributed by atoms with Gasteiger partial charge in [-0.05, 0) is 79.0 Å². The molecule has 2 nitrogen and oxygen atoms in total. The fourth-order valence-electron chi connectivity index (χ4n) is 4.49. The molecule has 1 saturated heterocycles. The van der Waals surface area contributed by atoms with Gasteiger partial charge >= 0.3 is 0 Å². The predicted molar refractivity (Wildman–Crippen MR) is 148 cm³/mol. The van der Waals surface area contributed by atoms with Crippen molar-refractivity contribution in [1.82, 2.24) is 9.80 Å². The molecule has 1 heterocycles. The lowest BCUT2D eigenvalue weighted by Gasteiger charge is -2.35. The van der Waals surface area contributed by atoms with Crippen molar-refractivity contribution in [2.75, 3.05) is 45.0 Å². The Morgan fingerprint density at radius 3 is 1.50 bits per heavy atom. The van der Waals surface area contributed by atoms with Gasteiger partial charge in [0.05, 0.1) is 0 Å². The second-order valence-electron chi connectivity index (χ2n) is 8.78. The number of halogens is 5. The van der Waals surface area contributed by atoms with Gasteiger partial charge in [0, 0.05) is 49.3 Å². The maximum absolute atomic E-state index is 13.4. The second kappa shape index (κ2) is 15.5. The SMILES string of the molecule is Cl.Cl.Fc1ccc(SCCN2CCN(CCCC(c3ccc(F)cc3)c3ccc(F)cc3)CC2)cc1. The summed E-state index contributed by atoms with van der Waals surface area (Å²) in [6, 6.07) is 20.1. The largest absolute Gasteiger partial charge is 0.301 e. The van der Waals surface area contributed by atoms with Crippen molar-refractivity contribution < 1.29 is 13.2 Å². The molecule has 1 aliphatic heterocycles. The minimum Gasteiger partial charge on any atom is -0.301 e. The standard InChI is InChI=1S/C28H31F3N2S.2ClH/c29-24-7-3-22(4-8-24)28(23-5-9-25(30)10-6-23)2-1-15-32-16-18-33(19-17-32)20-21-34-27-13-11-26(31)12-14-27;;/h3-14,28H,1-2,15-21H2;2*1H. The second-order valence-corrected chi connectivity index (χ2v) is 9.95. The van der Waals surface area contributed by atoms with Crippen LogP contribution in [0.1, 0.15) is 29.9 Å². The van der Waals surface area contributed by atoms with Crippen molar-refractivity contribution in [1.29, 1.82) is 0 Å². The summed E-state index contributed by atoms with van der Waals surface area (Å²) in [6.45, 7) is 6.29. The van der Waals surface area contributed by atoms with Gasteiger partial charge in [-0.15, -0.1) is 36.6 Å². The van der Waals surface area contributed by atoms with Crippen LogP contribution in [0.2, 0.25) is 0 Å². The van der Waals surface area contributed by atoms with Crippen LogP contribution < -0.4 is 0 Å². The highest BCUT2D eigenvalue weighted by molar-refractivity contribution is 7.99. The van der Waals surface area contributed by atoms with E-state index in [9.17, 15) is 13.2 Å². The summed E-state index contributed by atoms with van der Waals surface area (Å²) in [4.78, 5) is 6.11. The summed E-state index contributed by atoms with van der Waals surface area (Å²) >= 11 is 1.77. The summed E-state index contributed by atoms with van der Waals surface area (Å²) < 4.78 is 39.9. The molecule has 3 aromatic rings. The van der Waals surface area contributed by atoms with E-state index < -0.39 is 0 Å². The van der Waals surface area contributed by atoms with E-state index >= 15 is 0 Å². The summed E-state index contributed by atoms with van der Waals surface area (Å²) in [5.74, 6) is 0.460. The van der Waals surface area contributed by atoms with Crippen molar-refractivity contribution >= 4 is 36.6 Å². The molecule has 0 atom stereocenters. The fraction of sp³-hybridized carbons (Fsp3) is 0.357. The topological polar surface area (TPSA) is 6.48 Å². The molecule has 36 heavy (non-hydrogen) atoms. The van der Waals surface area contributed by atoms with Gasteiger partial charge in [0.2, 0.25) is 0 Å². The van der Waals surface area contributed by atoms with Crippen molar-refractivity contribution in [3.8, 4) is 0 Å². The Morgan fingerprint density at radius 2 is 1.03 bits per heavy atom. The van der Waals surface area contributed by atoms with Crippen LogP contribution in [0.15, 0.2) is 77.7 Å². The van der Waals surface area contributed by atoms with Gasteiger partial charge in [-0.1, -0.05) is 24.3 Å². The van der Waals surface area contributed by atoms with E-state index in [1.165, 1.54) is 36.4 Å². The highest BCUT2D eigenvalue weighted by Gasteiger charge is 2.19. The molecule has 1 fully saturated rings. The molecule has 0 bridgehead atoms. The third kappa shape index (κ3) is 9.31. The Kier molecular flexibility index (Phi) is 13.2. The molecule has 4 rings (SSSR count). The average Bonchev–Trinajstić information content (AvgIpc) is 2.85. The number of rotatable bonds is 10. The van der Waals surface area contributed by atoms with Gasteiger partial charge in [-0.25, -0.2) is 13.2 Å². The lowest BCUT2D eigenvalue weighted by molar-refractivity contribution is 0.136. The summed E-state index contributed by atoms with van der Waals surface area (Å²) in [5.41, 5.74) is 2.13. The van der Waals surface area contributed by atoms with Crippen LogP contribution in [-0.4, -0.2) is 54.8 Å². The molecule has 0 spiro atoms. The number of hydrogen-bond donors (Lipinski definition) is 0. The molecule has 196 valence electrons. The zero-order chi connectivity index (χ0) is 23.8. The molecule has 0 unspecified atom stereocenters. The van der Waals surface area contributed by atoms with Crippen molar-refractivity contribution in [3.05, 3.63) is 101 Å². The fourth-order valence-corrected chi connectivity index (χ4v) is 5.41. The molecule has 0 radical (unpaired) electrons. The Balaban J connectivity index is 0.00000228. The Hall–Kier alpha value is -1.70. The van der Waals surface area contributed by atoms with Crippen LogP contribution >= 0.6 is 36.6 Å². The lowest BCUT2D eigenvalue weighted by Crippen LogP contribution is -2.47. The van der Waals surface area contributed by atoms with E-state index in [0.717, 1.165) is 73.9 Å². The van der Waals surface area contributed by atoms with Gasteiger partial charge < -0.3 is 4.90 Å². The first-order chi connectivity index (χ1) is 16.6. The number of thioether (sulfide) groups is 1. The maximum atomic E-state index is 13.4. The molecule has 0 N–H and O–H groups in total. The number of hydrogen-bond acceptors (Lipinski definition) is 3. The van der Waals surface area contributed by atoms with Gasteiger partial charge in [-0.2, -0.15) is 0 Å². The zero-order valence-corrected chi connectivity index (χ0v) is 22.6. The molecule has 0 saturated carbocycles. The third-order valence-corrected chi connectivity index (χ3v) is 7.46. The van der Waals surface area contributed by atoms with Gasteiger partial charge in [0.15, 0.2) is 0 Å². The third-order valence-electron chi connectivity index (χ3n) is 6.47. The van der Waals surface area contributed by atoms with E-state index in [-0.39, 0.29) is 48.2 Å². The molecule has 0 aromatic heterocycles. The first kappa shape index (κ1) is 30.5. The Morgan fingerprint density at radius 1 is 0.611 bits per heavy atom. The smallest absolute Gasteiger partial charge is 0.123 e. The first-order valence-corrected chi connectivity index (χ1v) is 12.9. The highest BCUT2D eigenvalue weighted by Crippen LogP contribution is 2.30. The molecule has 0 amide bonds. The van der Waals surface area contributed by atoms with Crippen molar-refractivity contribution in [3.63, 3.8) is 0 Å². The monoisotopic (exact) mass is 556 g/mol. The van der Waals surface area contributed by atoms with Crippen LogP contribution in [0.4, 0.5) is 13.2 Å². The maximum Gasteiger partial charge on any atom is 0.123 e. The average molecular weight is 558 g/mol. The lowest BCUT2D eigenvalue weighted by atomic mass is 9.87. The molecule has 1 aliphatic rings. The summed E-state index contributed by atoms with van der Waals surface area (Å²) in [7, 11) is 0. The van der Waals surface area contributed by atoms with E-state index in [4.69, 9.17) is 0 Å². The Bertz CT molecular complexity index is 967. The van der Waals surface area contributed by atoms with Gasteiger partial charge in [0.25, 0.3) is 0 Å². The Labute approximate surface area is 229 Å². The van der Waals surface area contributed by atoms with Crippen LogP contribution in [0.25, 0.3) is 0 Å². The quantitative estimate of drug-likeness (QED) is 0.242. The predicted octanol–water partition coefficient (Wildman–Crippen LogP) is 7.27. The van der Waals surface area contributed by atoms with E-state index in [1.807, 2.05) is 36.4 Å². The normalized spacial score (nSPS) is 14.3. The summed E-state index contributed by atoms with van der Waals surface area (Å²) in [6.07, 6.45) is 1.96. The highest BCUT2D eigenvalue weighted by atomic mass is 35.5. The molecule has 8 heteroatoms. The zero-order valence-electron chi connectivity index (χ0n) is 20.1. The number of benzene rings is 3. The van der Waals surface area contributed by atoms with Gasteiger partial charge in [-0.3, -0.25) is 4.90 Å². The van der Waals surface area contributed by atoms with Crippen LogP contribution in [-0.2, 0) is 0 Å². The number of piperazine rings is 1. The minimum atomic E-state index is -0.240. The van der Waals surface area contributed by atoms with Gasteiger partial charge in [0.1, 0.15) is 17.5 Å².